The molecule has 0 heterocycles. The van der Waals surface area contributed by atoms with Gasteiger partial charge in [0.1, 0.15) is 0 Å². The zero-order valence-corrected chi connectivity index (χ0v) is 16.5. The number of carbonyl (C=O) groups excluding carboxylic acids is 2. The van der Waals surface area contributed by atoms with Crippen molar-refractivity contribution < 1.29 is 9.59 Å². The normalized spacial score (nSPS) is 13.4. The minimum absolute atomic E-state index is 0.00251. The Morgan fingerprint density at radius 2 is 1.71 bits per heavy atom. The Balaban J connectivity index is 1.34. The van der Waals surface area contributed by atoms with Crippen LogP contribution in [0.25, 0.3) is 0 Å². The molecule has 0 spiro atoms. The van der Waals surface area contributed by atoms with E-state index in [1.165, 1.54) is 5.56 Å². The van der Waals surface area contributed by atoms with Crippen molar-refractivity contribution in [2.75, 3.05) is 20.1 Å². The lowest BCUT2D eigenvalue weighted by molar-refractivity contribution is -0.122. The van der Waals surface area contributed by atoms with Gasteiger partial charge in [-0.25, -0.2) is 0 Å². The van der Waals surface area contributed by atoms with Crippen LogP contribution in [0.2, 0.25) is 0 Å². The molecule has 2 aromatic rings. The van der Waals surface area contributed by atoms with Crippen LogP contribution in [0.1, 0.15) is 40.7 Å². The van der Waals surface area contributed by atoms with E-state index >= 15 is 0 Å². The lowest BCUT2D eigenvalue weighted by Gasteiger charge is -2.16. The van der Waals surface area contributed by atoms with E-state index in [-0.39, 0.29) is 11.8 Å². The van der Waals surface area contributed by atoms with Gasteiger partial charge in [0, 0.05) is 24.7 Å². The molecule has 1 aliphatic rings. The number of carbonyl (C=O) groups is 2. The van der Waals surface area contributed by atoms with Crippen molar-refractivity contribution in [3.05, 3.63) is 71.3 Å². The van der Waals surface area contributed by atoms with Gasteiger partial charge in [-0.3, -0.25) is 14.5 Å². The first-order chi connectivity index (χ1) is 13.6. The van der Waals surface area contributed by atoms with Crippen molar-refractivity contribution in [2.24, 2.45) is 0 Å². The Bertz CT molecular complexity index is 770. The highest BCUT2D eigenvalue weighted by atomic mass is 16.2. The maximum atomic E-state index is 12.1. The van der Waals surface area contributed by atoms with E-state index < -0.39 is 0 Å². The number of amides is 2. The summed E-state index contributed by atoms with van der Waals surface area (Å²) in [6.07, 6.45) is 4.08. The van der Waals surface area contributed by atoms with Crippen molar-refractivity contribution in [2.45, 2.75) is 38.3 Å². The monoisotopic (exact) mass is 379 g/mol. The largest absolute Gasteiger partial charge is 0.355 e. The Morgan fingerprint density at radius 3 is 2.39 bits per heavy atom. The van der Waals surface area contributed by atoms with Crippen LogP contribution in [0.15, 0.2) is 54.6 Å². The molecule has 0 atom stereocenters. The number of benzene rings is 2. The molecule has 2 N–H and O–H groups in total. The molecule has 2 aromatic carbocycles. The van der Waals surface area contributed by atoms with Gasteiger partial charge < -0.3 is 10.6 Å². The van der Waals surface area contributed by atoms with Crippen molar-refractivity contribution in [3.63, 3.8) is 0 Å². The van der Waals surface area contributed by atoms with E-state index in [1.54, 1.807) is 0 Å². The SMILES string of the molecule is CN(CC(=O)NCCCc1ccccc1)Cc1ccc(C(=O)NC2CC2)cc1. The Labute approximate surface area is 167 Å². The van der Waals surface area contributed by atoms with E-state index in [9.17, 15) is 9.59 Å². The van der Waals surface area contributed by atoms with Crippen LogP contribution in [0, 0.1) is 0 Å². The molecule has 5 nitrogen and oxygen atoms in total. The predicted molar refractivity (Wildman–Crippen MR) is 111 cm³/mol. The predicted octanol–water partition coefficient (Wildman–Crippen LogP) is 2.76. The Morgan fingerprint density at radius 1 is 1.00 bits per heavy atom. The summed E-state index contributed by atoms with van der Waals surface area (Å²) < 4.78 is 0. The first kappa shape index (κ1) is 20.1. The highest BCUT2D eigenvalue weighted by molar-refractivity contribution is 5.94. The number of rotatable bonds is 10. The lowest BCUT2D eigenvalue weighted by Crippen LogP contribution is -2.35. The van der Waals surface area contributed by atoms with E-state index in [0.717, 1.165) is 31.2 Å². The third-order valence-electron chi connectivity index (χ3n) is 4.80. The number of likely N-dealkylation sites (N-methyl/N-ethyl adjacent to an activating group) is 1. The first-order valence-electron chi connectivity index (χ1n) is 9.99. The van der Waals surface area contributed by atoms with E-state index in [2.05, 4.69) is 22.8 Å². The van der Waals surface area contributed by atoms with Crippen LogP contribution in [0.5, 0.6) is 0 Å². The molecular formula is C23H29N3O2. The number of nitrogens with one attached hydrogen (secondary N) is 2. The second-order valence-corrected chi connectivity index (χ2v) is 7.56. The molecule has 148 valence electrons. The lowest BCUT2D eigenvalue weighted by atomic mass is 10.1. The van der Waals surface area contributed by atoms with Gasteiger partial charge in [-0.05, 0) is 56.0 Å². The van der Waals surface area contributed by atoms with Crippen LogP contribution in [-0.4, -0.2) is 42.9 Å². The molecule has 0 bridgehead atoms. The molecule has 0 aliphatic heterocycles. The van der Waals surface area contributed by atoms with Gasteiger partial charge in [-0.15, -0.1) is 0 Å². The summed E-state index contributed by atoms with van der Waals surface area (Å²) in [5, 5.41) is 5.97. The number of nitrogens with zero attached hydrogens (tertiary/aromatic N) is 1. The molecule has 2 amide bonds. The van der Waals surface area contributed by atoms with Gasteiger partial charge in [0.05, 0.1) is 6.54 Å². The van der Waals surface area contributed by atoms with Crippen LogP contribution < -0.4 is 10.6 Å². The average Bonchev–Trinajstić information content (AvgIpc) is 3.50. The van der Waals surface area contributed by atoms with Gasteiger partial charge >= 0.3 is 0 Å². The average molecular weight is 380 g/mol. The van der Waals surface area contributed by atoms with Gasteiger partial charge in [0.15, 0.2) is 0 Å². The Kier molecular flexibility index (Phi) is 7.20. The molecule has 1 aliphatic carbocycles. The second-order valence-electron chi connectivity index (χ2n) is 7.56. The summed E-state index contributed by atoms with van der Waals surface area (Å²) in [6.45, 7) is 1.71. The molecule has 1 fully saturated rings. The summed E-state index contributed by atoms with van der Waals surface area (Å²) in [5.41, 5.74) is 3.07. The minimum Gasteiger partial charge on any atom is -0.355 e. The number of hydrogen-bond donors (Lipinski definition) is 2. The van der Waals surface area contributed by atoms with Crippen molar-refractivity contribution in [3.8, 4) is 0 Å². The zero-order chi connectivity index (χ0) is 19.8. The smallest absolute Gasteiger partial charge is 0.251 e. The molecule has 28 heavy (non-hydrogen) atoms. The third kappa shape index (κ3) is 6.82. The number of aryl methyl sites for hydroxylation is 1. The van der Waals surface area contributed by atoms with Crippen molar-refractivity contribution in [1.82, 2.24) is 15.5 Å². The third-order valence-corrected chi connectivity index (χ3v) is 4.80. The summed E-state index contributed by atoms with van der Waals surface area (Å²) in [5.74, 6) is 0.0354. The topological polar surface area (TPSA) is 61.4 Å². The fourth-order valence-corrected chi connectivity index (χ4v) is 3.09. The maximum Gasteiger partial charge on any atom is 0.251 e. The van der Waals surface area contributed by atoms with Gasteiger partial charge in [-0.2, -0.15) is 0 Å². The molecule has 1 saturated carbocycles. The number of hydrogen-bond acceptors (Lipinski definition) is 3. The molecule has 0 radical (unpaired) electrons. The van der Waals surface area contributed by atoms with Gasteiger partial charge in [0.2, 0.25) is 5.91 Å². The maximum absolute atomic E-state index is 12.1. The van der Waals surface area contributed by atoms with E-state index in [1.807, 2.05) is 54.4 Å². The molecule has 0 unspecified atom stereocenters. The van der Waals surface area contributed by atoms with Crippen LogP contribution >= 0.6 is 0 Å². The highest BCUT2D eigenvalue weighted by Gasteiger charge is 2.23. The van der Waals surface area contributed by atoms with Gasteiger partial charge in [-0.1, -0.05) is 42.5 Å². The van der Waals surface area contributed by atoms with E-state index in [4.69, 9.17) is 0 Å². The Hall–Kier alpha value is -2.66. The fraction of sp³-hybridized carbons (Fsp3) is 0.391. The standard InChI is InChI=1S/C23H29N3O2/c1-26(17-22(27)24-15-5-8-18-6-3-2-4-7-18)16-19-9-11-20(12-10-19)23(28)25-21-13-14-21/h2-4,6-7,9-12,21H,5,8,13-17H2,1H3,(H,24,27)(H,25,28). The van der Waals surface area contributed by atoms with Gasteiger partial charge in [0.25, 0.3) is 5.91 Å². The van der Waals surface area contributed by atoms with Crippen LogP contribution in [0.3, 0.4) is 0 Å². The molecule has 0 aromatic heterocycles. The summed E-state index contributed by atoms with van der Waals surface area (Å²) >= 11 is 0. The quantitative estimate of drug-likeness (QED) is 0.624. The molecule has 3 rings (SSSR count). The van der Waals surface area contributed by atoms with Crippen LogP contribution in [-0.2, 0) is 17.8 Å². The second kappa shape index (κ2) is 10.0. The molecule has 5 heteroatoms. The minimum atomic E-state index is -0.00251. The highest BCUT2D eigenvalue weighted by Crippen LogP contribution is 2.19. The van der Waals surface area contributed by atoms with Crippen LogP contribution in [0.4, 0.5) is 0 Å². The summed E-state index contributed by atoms with van der Waals surface area (Å²) in [6, 6.07) is 18.3. The molecule has 0 saturated heterocycles. The van der Waals surface area contributed by atoms with E-state index in [0.29, 0.717) is 31.2 Å². The first-order valence-corrected chi connectivity index (χ1v) is 9.99. The van der Waals surface area contributed by atoms with Crippen molar-refractivity contribution in [1.29, 1.82) is 0 Å². The summed E-state index contributed by atoms with van der Waals surface area (Å²) in [7, 11) is 1.93. The summed E-state index contributed by atoms with van der Waals surface area (Å²) in [4.78, 5) is 26.1. The zero-order valence-electron chi connectivity index (χ0n) is 16.5. The fourth-order valence-electron chi connectivity index (χ4n) is 3.09. The molecular weight excluding hydrogens is 350 g/mol. The van der Waals surface area contributed by atoms with Crippen molar-refractivity contribution >= 4 is 11.8 Å².